The molecule has 0 atom stereocenters. The molecular weight excluding hydrogens is 374 g/mol. The molecule has 148 valence electrons. The predicted octanol–water partition coefficient (Wildman–Crippen LogP) is 4.22. The summed E-state index contributed by atoms with van der Waals surface area (Å²) >= 11 is 1.59. The number of nitrogens with one attached hydrogen (secondary N) is 2. The van der Waals surface area contributed by atoms with Crippen molar-refractivity contribution in [2.75, 3.05) is 19.8 Å². The van der Waals surface area contributed by atoms with Crippen molar-refractivity contribution in [3.63, 3.8) is 0 Å². The minimum absolute atomic E-state index is 0.130. The molecular formula is C21H25N3O3S. The second-order valence-electron chi connectivity index (χ2n) is 6.21. The Kier molecular flexibility index (Phi) is 6.71. The first-order valence-corrected chi connectivity index (χ1v) is 10.3. The Morgan fingerprint density at radius 1 is 1.18 bits per heavy atom. The number of thiazole rings is 1. The van der Waals surface area contributed by atoms with Gasteiger partial charge in [0.05, 0.1) is 23.9 Å². The highest BCUT2D eigenvalue weighted by molar-refractivity contribution is 7.09. The average Bonchev–Trinajstić information content (AvgIpc) is 3.33. The highest BCUT2D eigenvalue weighted by atomic mass is 32.1. The standard InChI is InChI=1S/C21H25N3O3S/c1-4-26-19-7-6-15(10-20(19)27-5-2)8-9-22-21(25)17-11-16(12-23-17)18-13-28-14(3)24-18/h6-7,10-13,23H,4-5,8-9H2,1-3H3,(H,22,25). The van der Waals surface area contributed by atoms with Crippen molar-refractivity contribution in [2.24, 2.45) is 0 Å². The molecule has 0 spiro atoms. The molecule has 0 unspecified atom stereocenters. The van der Waals surface area contributed by atoms with Gasteiger partial charge in [-0.15, -0.1) is 11.3 Å². The maximum atomic E-state index is 12.4. The molecule has 3 aromatic rings. The van der Waals surface area contributed by atoms with E-state index in [0.717, 1.165) is 33.3 Å². The maximum Gasteiger partial charge on any atom is 0.267 e. The molecule has 3 rings (SSSR count). The number of hydrogen-bond acceptors (Lipinski definition) is 5. The molecule has 7 heteroatoms. The van der Waals surface area contributed by atoms with Crippen LogP contribution in [0.2, 0.25) is 0 Å². The smallest absolute Gasteiger partial charge is 0.267 e. The van der Waals surface area contributed by atoms with Crippen molar-refractivity contribution < 1.29 is 14.3 Å². The monoisotopic (exact) mass is 399 g/mol. The summed E-state index contributed by atoms with van der Waals surface area (Å²) in [6.07, 6.45) is 2.52. The largest absolute Gasteiger partial charge is 0.490 e. The lowest BCUT2D eigenvalue weighted by atomic mass is 10.1. The van der Waals surface area contributed by atoms with Crippen molar-refractivity contribution in [3.05, 3.63) is 52.1 Å². The van der Waals surface area contributed by atoms with Crippen LogP contribution in [0.5, 0.6) is 11.5 Å². The minimum Gasteiger partial charge on any atom is -0.490 e. The number of rotatable bonds is 9. The van der Waals surface area contributed by atoms with Gasteiger partial charge in [0, 0.05) is 23.7 Å². The fraction of sp³-hybridized carbons (Fsp3) is 0.333. The molecule has 2 heterocycles. The third kappa shape index (κ3) is 4.92. The number of nitrogens with zero attached hydrogens (tertiary/aromatic N) is 1. The van der Waals surface area contributed by atoms with Gasteiger partial charge in [-0.05, 0) is 51.0 Å². The van der Waals surface area contributed by atoms with Crippen LogP contribution in [0.4, 0.5) is 0 Å². The highest BCUT2D eigenvalue weighted by Gasteiger charge is 2.11. The van der Waals surface area contributed by atoms with Crippen LogP contribution in [0, 0.1) is 6.92 Å². The van der Waals surface area contributed by atoms with E-state index in [9.17, 15) is 4.79 Å². The summed E-state index contributed by atoms with van der Waals surface area (Å²) in [6, 6.07) is 7.71. The zero-order chi connectivity index (χ0) is 19.9. The summed E-state index contributed by atoms with van der Waals surface area (Å²) in [4.78, 5) is 19.9. The van der Waals surface area contributed by atoms with Gasteiger partial charge in [-0.3, -0.25) is 4.79 Å². The summed E-state index contributed by atoms with van der Waals surface area (Å²) in [5.74, 6) is 1.35. The number of benzene rings is 1. The van der Waals surface area contributed by atoms with Gasteiger partial charge in [-0.1, -0.05) is 6.07 Å². The number of ether oxygens (including phenoxy) is 2. The summed E-state index contributed by atoms with van der Waals surface area (Å²) < 4.78 is 11.2. The number of aryl methyl sites for hydroxylation is 1. The van der Waals surface area contributed by atoms with Gasteiger partial charge in [-0.2, -0.15) is 0 Å². The molecule has 0 saturated carbocycles. The molecule has 2 aromatic heterocycles. The Hall–Kier alpha value is -2.80. The molecule has 0 bridgehead atoms. The molecule has 0 fully saturated rings. The molecule has 0 aliphatic carbocycles. The summed E-state index contributed by atoms with van der Waals surface area (Å²) in [7, 11) is 0. The normalized spacial score (nSPS) is 10.7. The van der Waals surface area contributed by atoms with E-state index < -0.39 is 0 Å². The Labute approximate surface area is 168 Å². The second kappa shape index (κ2) is 9.41. The Morgan fingerprint density at radius 2 is 1.96 bits per heavy atom. The highest BCUT2D eigenvalue weighted by Crippen LogP contribution is 2.28. The lowest BCUT2D eigenvalue weighted by molar-refractivity contribution is 0.0950. The van der Waals surface area contributed by atoms with Crippen LogP contribution in [-0.2, 0) is 6.42 Å². The predicted molar refractivity (Wildman–Crippen MR) is 111 cm³/mol. The zero-order valence-corrected chi connectivity index (χ0v) is 17.2. The molecule has 28 heavy (non-hydrogen) atoms. The quantitative estimate of drug-likeness (QED) is 0.565. The fourth-order valence-electron chi connectivity index (χ4n) is 2.84. The van der Waals surface area contributed by atoms with Gasteiger partial charge < -0.3 is 19.8 Å². The molecule has 0 saturated heterocycles. The molecule has 6 nitrogen and oxygen atoms in total. The van der Waals surface area contributed by atoms with Gasteiger partial charge in [0.25, 0.3) is 5.91 Å². The van der Waals surface area contributed by atoms with Crippen molar-refractivity contribution >= 4 is 17.2 Å². The van der Waals surface area contributed by atoms with Crippen molar-refractivity contribution in [1.29, 1.82) is 0 Å². The molecule has 0 aliphatic rings. The second-order valence-corrected chi connectivity index (χ2v) is 7.27. The number of hydrogen-bond donors (Lipinski definition) is 2. The lowest BCUT2D eigenvalue weighted by Gasteiger charge is -2.12. The molecule has 1 aromatic carbocycles. The summed E-state index contributed by atoms with van der Waals surface area (Å²) in [5.41, 5.74) is 3.41. The first kappa shape index (κ1) is 19.9. The van der Waals surface area contributed by atoms with E-state index in [2.05, 4.69) is 15.3 Å². The third-order valence-corrected chi connectivity index (χ3v) is 4.92. The van der Waals surface area contributed by atoms with E-state index in [-0.39, 0.29) is 5.91 Å². The Balaban J connectivity index is 1.57. The SMILES string of the molecule is CCOc1ccc(CCNC(=O)c2cc(-c3csc(C)n3)c[nH]2)cc1OCC. The van der Waals surface area contributed by atoms with Gasteiger partial charge in [0.2, 0.25) is 0 Å². The van der Waals surface area contributed by atoms with Crippen molar-refractivity contribution in [2.45, 2.75) is 27.2 Å². The van der Waals surface area contributed by atoms with Gasteiger partial charge in [0.1, 0.15) is 5.69 Å². The van der Waals surface area contributed by atoms with Crippen LogP contribution in [0.25, 0.3) is 11.3 Å². The number of amides is 1. The number of H-pyrrole nitrogens is 1. The van der Waals surface area contributed by atoms with Crippen LogP contribution in [-0.4, -0.2) is 35.6 Å². The van der Waals surface area contributed by atoms with Crippen molar-refractivity contribution in [1.82, 2.24) is 15.3 Å². The number of aromatic amines is 1. The maximum absolute atomic E-state index is 12.4. The average molecular weight is 400 g/mol. The number of carbonyl (C=O) groups is 1. The summed E-state index contributed by atoms with van der Waals surface area (Å²) in [5, 5.41) is 5.94. The van der Waals surface area contributed by atoms with E-state index in [1.165, 1.54) is 0 Å². The van der Waals surface area contributed by atoms with Crippen LogP contribution in [0.3, 0.4) is 0 Å². The van der Waals surface area contributed by atoms with Crippen LogP contribution >= 0.6 is 11.3 Å². The summed E-state index contributed by atoms with van der Waals surface area (Å²) in [6.45, 7) is 7.55. The zero-order valence-electron chi connectivity index (χ0n) is 16.4. The van der Waals surface area contributed by atoms with E-state index in [1.54, 1.807) is 11.3 Å². The van der Waals surface area contributed by atoms with Crippen LogP contribution < -0.4 is 14.8 Å². The van der Waals surface area contributed by atoms with E-state index >= 15 is 0 Å². The van der Waals surface area contributed by atoms with Gasteiger partial charge in [-0.25, -0.2) is 4.98 Å². The topological polar surface area (TPSA) is 76.2 Å². The van der Waals surface area contributed by atoms with E-state index in [1.807, 2.05) is 56.6 Å². The molecule has 1 amide bonds. The van der Waals surface area contributed by atoms with E-state index in [4.69, 9.17) is 9.47 Å². The number of carbonyl (C=O) groups excluding carboxylic acids is 1. The van der Waals surface area contributed by atoms with Crippen LogP contribution in [0.1, 0.15) is 34.9 Å². The van der Waals surface area contributed by atoms with Gasteiger partial charge in [0.15, 0.2) is 11.5 Å². The fourth-order valence-corrected chi connectivity index (χ4v) is 3.46. The lowest BCUT2D eigenvalue weighted by Crippen LogP contribution is -2.25. The molecule has 0 aliphatic heterocycles. The Morgan fingerprint density at radius 3 is 2.68 bits per heavy atom. The molecule has 0 radical (unpaired) electrons. The van der Waals surface area contributed by atoms with Crippen molar-refractivity contribution in [3.8, 4) is 22.8 Å². The van der Waals surface area contributed by atoms with E-state index in [0.29, 0.717) is 31.9 Å². The molecule has 2 N–H and O–H groups in total. The minimum atomic E-state index is -0.130. The van der Waals surface area contributed by atoms with Crippen LogP contribution in [0.15, 0.2) is 35.8 Å². The Bertz CT molecular complexity index is 933. The van der Waals surface area contributed by atoms with Gasteiger partial charge >= 0.3 is 0 Å². The first-order valence-electron chi connectivity index (χ1n) is 9.38. The first-order chi connectivity index (χ1) is 13.6. The number of aromatic nitrogens is 2. The third-order valence-electron chi connectivity index (χ3n) is 4.15.